The second-order valence-corrected chi connectivity index (χ2v) is 8.07. The molecule has 21 heavy (non-hydrogen) atoms. The van der Waals surface area contributed by atoms with Gasteiger partial charge in [0.05, 0.1) is 13.1 Å². The van der Waals surface area contributed by atoms with Crippen LogP contribution in [0.2, 0.25) is 0 Å². The van der Waals surface area contributed by atoms with Crippen molar-refractivity contribution in [2.75, 3.05) is 13.2 Å². The molecule has 0 N–H and O–H groups in total. The molecule has 1 aliphatic heterocycles. The molecular weight excluding hydrogens is 424 g/mol. The van der Waals surface area contributed by atoms with Crippen LogP contribution >= 0.6 is 43.2 Å². The highest BCUT2D eigenvalue weighted by atomic mass is 79.9. The lowest BCUT2D eigenvalue weighted by atomic mass is 10.1. The van der Waals surface area contributed by atoms with E-state index in [1.165, 1.54) is 11.3 Å². The number of thiophene rings is 1. The minimum absolute atomic E-state index is 0.0420. The Morgan fingerprint density at radius 3 is 2.86 bits per heavy atom. The Balaban J connectivity index is 1.69. The maximum Gasteiger partial charge on any atom is 0.203 e. The van der Waals surface area contributed by atoms with Crippen LogP contribution < -0.4 is 9.47 Å². The predicted octanol–water partition coefficient (Wildman–Crippen LogP) is 4.11. The molecule has 2 heterocycles. The number of Topliss-reactive ketones (excluding diaryl/α,β-unsaturated/α-hetero) is 2. The fraction of sp³-hybridized carbons (Fsp3) is 0.143. The molecule has 0 bridgehead atoms. The summed E-state index contributed by atoms with van der Waals surface area (Å²) in [5.41, 5.74) is 1.14. The van der Waals surface area contributed by atoms with Gasteiger partial charge in [0.15, 0.2) is 13.2 Å². The van der Waals surface area contributed by atoms with Crippen molar-refractivity contribution in [2.45, 2.75) is 0 Å². The molecule has 0 aliphatic carbocycles. The largest absolute Gasteiger partial charge is 0.485 e. The molecule has 1 aliphatic rings. The number of ether oxygens (including phenoxy) is 2. The Labute approximate surface area is 141 Å². The molecule has 0 atom stereocenters. The number of hydrogen-bond acceptors (Lipinski definition) is 5. The number of carbonyl (C=O) groups is 2. The lowest BCUT2D eigenvalue weighted by Crippen LogP contribution is -2.11. The fourth-order valence-electron chi connectivity index (χ4n) is 1.92. The summed E-state index contributed by atoms with van der Waals surface area (Å²) in [4.78, 5) is 23.5. The van der Waals surface area contributed by atoms with Gasteiger partial charge in [-0.15, -0.1) is 11.3 Å². The van der Waals surface area contributed by atoms with E-state index in [9.17, 15) is 9.59 Å². The van der Waals surface area contributed by atoms with Gasteiger partial charge in [0.25, 0.3) is 0 Å². The molecule has 0 unspecified atom stereocenters. The summed E-state index contributed by atoms with van der Waals surface area (Å²) in [6.07, 6.45) is 0. The Hall–Kier alpha value is -1.18. The van der Waals surface area contributed by atoms with Gasteiger partial charge < -0.3 is 9.47 Å². The average molecular weight is 432 g/mol. The summed E-state index contributed by atoms with van der Waals surface area (Å²) >= 11 is 8.11. The molecule has 7 heteroatoms. The Bertz CT molecular complexity index is 739. The molecule has 0 radical (unpaired) electrons. The highest BCUT2D eigenvalue weighted by molar-refractivity contribution is 9.12. The van der Waals surface area contributed by atoms with Gasteiger partial charge in [-0.05, 0) is 50.1 Å². The molecule has 1 aromatic carbocycles. The van der Waals surface area contributed by atoms with Crippen LogP contribution in [0, 0.1) is 0 Å². The summed E-state index contributed by atoms with van der Waals surface area (Å²) in [6.45, 7) is -0.0118. The van der Waals surface area contributed by atoms with Crippen LogP contribution in [0.5, 0.6) is 11.5 Å². The third kappa shape index (κ3) is 3.04. The van der Waals surface area contributed by atoms with Crippen molar-refractivity contribution in [1.82, 2.24) is 0 Å². The van der Waals surface area contributed by atoms with Crippen molar-refractivity contribution in [3.8, 4) is 11.5 Å². The van der Waals surface area contributed by atoms with Crippen molar-refractivity contribution >= 4 is 54.8 Å². The predicted molar refractivity (Wildman–Crippen MR) is 85.8 cm³/mol. The normalized spacial score (nSPS) is 13.0. The Kier molecular flexibility index (Phi) is 4.14. The van der Waals surface area contributed by atoms with Crippen molar-refractivity contribution in [3.63, 3.8) is 0 Å². The second-order valence-electron chi connectivity index (χ2n) is 4.32. The maximum atomic E-state index is 12.1. The first kappa shape index (κ1) is 14.7. The smallest absolute Gasteiger partial charge is 0.203 e. The lowest BCUT2D eigenvalue weighted by molar-refractivity contribution is 0.0920. The Morgan fingerprint density at radius 1 is 1.33 bits per heavy atom. The van der Waals surface area contributed by atoms with Gasteiger partial charge in [-0.3, -0.25) is 9.59 Å². The minimum Gasteiger partial charge on any atom is -0.485 e. The molecule has 0 spiro atoms. The number of carbonyl (C=O) groups excluding carboxylic acids is 2. The van der Waals surface area contributed by atoms with Crippen molar-refractivity contribution in [3.05, 3.63) is 43.0 Å². The van der Waals surface area contributed by atoms with Crippen LogP contribution in [0.25, 0.3) is 0 Å². The van der Waals surface area contributed by atoms with Crippen LogP contribution in [0.15, 0.2) is 31.8 Å². The van der Waals surface area contributed by atoms with Gasteiger partial charge in [0, 0.05) is 11.6 Å². The van der Waals surface area contributed by atoms with Gasteiger partial charge in [-0.25, -0.2) is 0 Å². The van der Waals surface area contributed by atoms with Crippen molar-refractivity contribution in [2.24, 2.45) is 0 Å². The van der Waals surface area contributed by atoms with E-state index >= 15 is 0 Å². The molecule has 1 aromatic heterocycles. The van der Waals surface area contributed by atoms with Crippen LogP contribution in [0.4, 0.5) is 0 Å². The van der Waals surface area contributed by atoms with Gasteiger partial charge >= 0.3 is 0 Å². The third-order valence-electron chi connectivity index (χ3n) is 2.94. The first-order valence-electron chi connectivity index (χ1n) is 5.95. The molecule has 0 saturated heterocycles. The van der Waals surface area contributed by atoms with E-state index in [4.69, 9.17) is 9.47 Å². The molecule has 0 amide bonds. The summed E-state index contributed by atoms with van der Waals surface area (Å²) in [7, 11) is 0. The summed E-state index contributed by atoms with van der Waals surface area (Å²) in [5, 5.41) is 0. The molecule has 108 valence electrons. The quantitative estimate of drug-likeness (QED) is 0.683. The molecule has 2 aromatic rings. The molecule has 3 rings (SSSR count). The van der Waals surface area contributed by atoms with Gasteiger partial charge in [0.2, 0.25) is 11.6 Å². The Morgan fingerprint density at radius 2 is 2.14 bits per heavy atom. The SMILES string of the molecule is O=C1COc2cc(OCC(=O)c3cc(Br)sc3Br)ccc21. The van der Waals surface area contributed by atoms with E-state index in [-0.39, 0.29) is 24.8 Å². The molecular formula is C14H8Br2O4S. The van der Waals surface area contributed by atoms with E-state index in [0.29, 0.717) is 22.6 Å². The van der Waals surface area contributed by atoms with E-state index in [1.54, 1.807) is 24.3 Å². The van der Waals surface area contributed by atoms with E-state index in [0.717, 1.165) is 7.57 Å². The highest BCUT2D eigenvalue weighted by Crippen LogP contribution is 2.33. The van der Waals surface area contributed by atoms with E-state index in [1.807, 2.05) is 0 Å². The standard InChI is InChI=1S/C14H8Br2O4S/c15-13-4-9(14(16)21-13)11(18)5-19-7-1-2-8-10(17)6-20-12(8)3-7/h1-4H,5-6H2. The first-order valence-corrected chi connectivity index (χ1v) is 8.36. The number of fused-ring (bicyclic) bond motifs is 1. The zero-order chi connectivity index (χ0) is 15.0. The van der Waals surface area contributed by atoms with E-state index in [2.05, 4.69) is 31.9 Å². The summed E-state index contributed by atoms with van der Waals surface area (Å²) < 4.78 is 12.4. The summed E-state index contributed by atoms with van der Waals surface area (Å²) in [6, 6.07) is 6.70. The molecule has 0 saturated carbocycles. The number of halogens is 2. The number of benzene rings is 1. The molecule has 0 fully saturated rings. The summed E-state index contributed by atoms with van der Waals surface area (Å²) in [5.74, 6) is 0.840. The van der Waals surface area contributed by atoms with Crippen LogP contribution in [-0.2, 0) is 0 Å². The van der Waals surface area contributed by atoms with Gasteiger partial charge in [-0.2, -0.15) is 0 Å². The topological polar surface area (TPSA) is 52.6 Å². The van der Waals surface area contributed by atoms with Gasteiger partial charge in [-0.1, -0.05) is 0 Å². The monoisotopic (exact) mass is 430 g/mol. The highest BCUT2D eigenvalue weighted by Gasteiger charge is 2.21. The minimum atomic E-state index is -0.124. The van der Waals surface area contributed by atoms with Gasteiger partial charge in [0.1, 0.15) is 11.5 Å². The van der Waals surface area contributed by atoms with Crippen LogP contribution in [0.3, 0.4) is 0 Å². The number of hydrogen-bond donors (Lipinski definition) is 0. The number of rotatable bonds is 4. The van der Waals surface area contributed by atoms with Crippen molar-refractivity contribution < 1.29 is 19.1 Å². The zero-order valence-corrected chi connectivity index (χ0v) is 14.5. The number of ketones is 2. The fourth-order valence-corrected chi connectivity index (χ4v) is 4.78. The first-order chi connectivity index (χ1) is 10.0. The lowest BCUT2D eigenvalue weighted by Gasteiger charge is -2.06. The van der Waals surface area contributed by atoms with Crippen LogP contribution in [0.1, 0.15) is 20.7 Å². The third-order valence-corrected chi connectivity index (χ3v) is 5.28. The second kappa shape index (κ2) is 5.90. The maximum absolute atomic E-state index is 12.1. The van der Waals surface area contributed by atoms with Crippen molar-refractivity contribution in [1.29, 1.82) is 0 Å². The van der Waals surface area contributed by atoms with Crippen LogP contribution in [-0.4, -0.2) is 24.8 Å². The van der Waals surface area contributed by atoms with E-state index < -0.39 is 0 Å². The average Bonchev–Trinajstić information content (AvgIpc) is 2.99. The molecule has 4 nitrogen and oxygen atoms in total. The zero-order valence-electron chi connectivity index (χ0n) is 10.5.